The van der Waals surface area contributed by atoms with Crippen molar-refractivity contribution in [2.24, 2.45) is 5.41 Å². The molecular formula is C28H33F2N3O4. The molecular weight excluding hydrogens is 480 g/mol. The third-order valence-electron chi connectivity index (χ3n) is 6.66. The second-order valence-electron chi connectivity index (χ2n) is 10.8. The summed E-state index contributed by atoms with van der Waals surface area (Å²) in [5.41, 5.74) is 0.0980. The molecule has 1 amide bonds. The number of hydrogen-bond donors (Lipinski definition) is 1. The fraction of sp³-hybridized carbons (Fsp3) is 0.464. The lowest BCUT2D eigenvalue weighted by atomic mass is 9.82. The van der Waals surface area contributed by atoms with Gasteiger partial charge in [-0.15, -0.1) is 0 Å². The summed E-state index contributed by atoms with van der Waals surface area (Å²) in [5.74, 6) is -1.68. The van der Waals surface area contributed by atoms with E-state index < -0.39 is 17.2 Å². The van der Waals surface area contributed by atoms with Crippen molar-refractivity contribution in [3.05, 3.63) is 65.1 Å². The van der Waals surface area contributed by atoms with Gasteiger partial charge in [0, 0.05) is 12.7 Å². The number of nitrogens with one attached hydrogen (secondary N) is 1. The van der Waals surface area contributed by atoms with Crippen molar-refractivity contribution < 1.29 is 27.8 Å². The zero-order chi connectivity index (χ0) is 26.8. The van der Waals surface area contributed by atoms with Gasteiger partial charge in [0.1, 0.15) is 29.5 Å². The van der Waals surface area contributed by atoms with E-state index in [0.29, 0.717) is 29.3 Å². The van der Waals surface area contributed by atoms with Crippen LogP contribution in [0, 0.1) is 24.0 Å². The molecule has 0 spiro atoms. The average molecular weight is 514 g/mol. The lowest BCUT2D eigenvalue weighted by Crippen LogP contribution is -2.39. The summed E-state index contributed by atoms with van der Waals surface area (Å²) < 4.78 is 40.9. The van der Waals surface area contributed by atoms with E-state index in [1.165, 1.54) is 18.2 Å². The molecule has 2 heterocycles. The van der Waals surface area contributed by atoms with Gasteiger partial charge in [-0.25, -0.2) is 13.8 Å². The normalized spacial score (nSPS) is 15.1. The van der Waals surface area contributed by atoms with Crippen LogP contribution in [0.1, 0.15) is 74.6 Å². The number of carbonyl (C=O) groups is 2. The zero-order valence-electron chi connectivity index (χ0n) is 21.7. The Kier molecular flexibility index (Phi) is 7.52. The van der Waals surface area contributed by atoms with Crippen molar-refractivity contribution in [1.82, 2.24) is 14.7 Å². The second-order valence-corrected chi connectivity index (χ2v) is 10.8. The predicted octanol–water partition coefficient (Wildman–Crippen LogP) is 5.52. The maximum Gasteiger partial charge on any atom is 0.306 e. The Bertz CT molecular complexity index is 1290. The molecule has 198 valence electrons. The summed E-state index contributed by atoms with van der Waals surface area (Å²) in [6.45, 7) is 7.26. The smallest absolute Gasteiger partial charge is 0.306 e. The number of ether oxygens (including phenoxy) is 2. The van der Waals surface area contributed by atoms with Crippen LogP contribution >= 0.6 is 0 Å². The number of fused-ring (bicyclic) bond motifs is 1. The van der Waals surface area contributed by atoms with E-state index in [-0.39, 0.29) is 35.9 Å². The zero-order valence-corrected chi connectivity index (χ0v) is 21.7. The fourth-order valence-corrected chi connectivity index (χ4v) is 4.94. The minimum absolute atomic E-state index is 0.183. The number of imidazole rings is 1. The van der Waals surface area contributed by atoms with Gasteiger partial charge in [-0.1, -0.05) is 18.9 Å². The van der Waals surface area contributed by atoms with Crippen molar-refractivity contribution in [3.8, 4) is 5.75 Å². The molecule has 1 saturated carbocycles. The number of aryl methyl sites for hydroxylation is 1. The minimum atomic E-state index is -0.696. The lowest BCUT2D eigenvalue weighted by Gasteiger charge is -2.30. The van der Waals surface area contributed by atoms with Crippen molar-refractivity contribution in [1.29, 1.82) is 0 Å². The molecule has 4 rings (SSSR count). The SMILES string of the molecule is Cc1nc2c(OCc3c(F)cccc3F)cccn2c1C(=O)NCC1(CC(=O)OC(C)(C)C)CCCC1. The Morgan fingerprint density at radius 3 is 2.43 bits per heavy atom. The van der Waals surface area contributed by atoms with Gasteiger partial charge in [0.15, 0.2) is 11.4 Å². The summed E-state index contributed by atoms with van der Waals surface area (Å²) in [6.07, 6.45) is 5.60. The van der Waals surface area contributed by atoms with E-state index in [9.17, 15) is 18.4 Å². The van der Waals surface area contributed by atoms with Gasteiger partial charge in [0.2, 0.25) is 0 Å². The molecule has 1 aliphatic rings. The third kappa shape index (κ3) is 6.09. The second kappa shape index (κ2) is 10.5. The molecule has 3 aromatic rings. The first-order valence-corrected chi connectivity index (χ1v) is 12.5. The number of pyridine rings is 1. The molecule has 0 bridgehead atoms. The molecule has 0 unspecified atom stereocenters. The van der Waals surface area contributed by atoms with Crippen molar-refractivity contribution in [2.75, 3.05) is 6.54 Å². The molecule has 1 N–H and O–H groups in total. The topological polar surface area (TPSA) is 81.9 Å². The van der Waals surface area contributed by atoms with E-state index in [1.54, 1.807) is 29.7 Å². The Morgan fingerprint density at radius 1 is 1.11 bits per heavy atom. The van der Waals surface area contributed by atoms with Gasteiger partial charge in [0.25, 0.3) is 5.91 Å². The van der Waals surface area contributed by atoms with Gasteiger partial charge in [-0.2, -0.15) is 0 Å². The maximum atomic E-state index is 14.0. The number of halogens is 2. The molecule has 37 heavy (non-hydrogen) atoms. The number of hydrogen-bond acceptors (Lipinski definition) is 5. The number of aromatic nitrogens is 2. The van der Waals surface area contributed by atoms with Crippen LogP contribution in [0.15, 0.2) is 36.5 Å². The molecule has 0 saturated heterocycles. The number of nitrogens with zero attached hydrogens (tertiary/aromatic N) is 2. The molecule has 1 fully saturated rings. The number of benzene rings is 1. The van der Waals surface area contributed by atoms with Crippen LogP contribution in [0.2, 0.25) is 0 Å². The van der Waals surface area contributed by atoms with E-state index in [4.69, 9.17) is 9.47 Å². The van der Waals surface area contributed by atoms with E-state index in [2.05, 4.69) is 10.3 Å². The van der Waals surface area contributed by atoms with E-state index in [0.717, 1.165) is 25.7 Å². The van der Waals surface area contributed by atoms with Crippen LogP contribution in [0.5, 0.6) is 5.75 Å². The van der Waals surface area contributed by atoms with Crippen molar-refractivity contribution >= 4 is 17.5 Å². The first-order chi connectivity index (χ1) is 17.5. The summed E-state index contributed by atoms with van der Waals surface area (Å²) in [6, 6.07) is 6.95. The Morgan fingerprint density at radius 2 is 1.78 bits per heavy atom. The van der Waals surface area contributed by atoms with Gasteiger partial charge < -0.3 is 14.8 Å². The number of carbonyl (C=O) groups excluding carboxylic acids is 2. The van der Waals surface area contributed by atoms with E-state index in [1.807, 2.05) is 20.8 Å². The summed E-state index contributed by atoms with van der Waals surface area (Å²) in [7, 11) is 0. The maximum absolute atomic E-state index is 14.0. The fourth-order valence-electron chi connectivity index (χ4n) is 4.94. The van der Waals surface area contributed by atoms with Crippen molar-refractivity contribution in [3.63, 3.8) is 0 Å². The Balaban J connectivity index is 1.50. The quantitative estimate of drug-likeness (QED) is 0.401. The average Bonchev–Trinajstić information content (AvgIpc) is 3.40. The molecule has 0 atom stereocenters. The van der Waals surface area contributed by atoms with Crippen LogP contribution in [-0.2, 0) is 16.1 Å². The largest absolute Gasteiger partial charge is 0.485 e. The van der Waals surface area contributed by atoms with Crippen LogP contribution in [0.25, 0.3) is 5.65 Å². The number of rotatable bonds is 8. The molecule has 1 aromatic carbocycles. The third-order valence-corrected chi connectivity index (χ3v) is 6.66. The van der Waals surface area contributed by atoms with Crippen LogP contribution < -0.4 is 10.1 Å². The molecule has 7 nitrogen and oxygen atoms in total. The monoisotopic (exact) mass is 513 g/mol. The van der Waals surface area contributed by atoms with Crippen molar-refractivity contribution in [2.45, 2.75) is 72.0 Å². The Labute approximate surface area is 215 Å². The van der Waals surface area contributed by atoms with Crippen LogP contribution in [-0.4, -0.2) is 33.4 Å². The highest BCUT2D eigenvalue weighted by atomic mass is 19.1. The Hall–Kier alpha value is -3.49. The standard InChI is InChI=1S/C28H33F2N3O4/c1-18-24(26(35)31-17-28(12-5-6-13-28)15-23(34)37-27(2,3)4)33-14-8-11-22(25(33)32-18)36-16-19-20(29)9-7-10-21(19)30/h7-11,14H,5-6,12-13,15-17H2,1-4H3,(H,31,35). The highest BCUT2D eigenvalue weighted by Crippen LogP contribution is 2.41. The predicted molar refractivity (Wildman–Crippen MR) is 134 cm³/mol. The number of amides is 1. The number of esters is 1. The lowest BCUT2D eigenvalue weighted by molar-refractivity contribution is -0.157. The highest BCUT2D eigenvalue weighted by molar-refractivity contribution is 5.95. The molecule has 9 heteroatoms. The van der Waals surface area contributed by atoms with Gasteiger partial charge in [0.05, 0.1) is 17.7 Å². The van der Waals surface area contributed by atoms with Crippen LogP contribution in [0.3, 0.4) is 0 Å². The first-order valence-electron chi connectivity index (χ1n) is 12.5. The molecule has 1 aliphatic carbocycles. The molecule has 2 aromatic heterocycles. The van der Waals surface area contributed by atoms with Crippen LogP contribution in [0.4, 0.5) is 8.78 Å². The molecule has 0 radical (unpaired) electrons. The molecule has 0 aliphatic heterocycles. The van der Waals surface area contributed by atoms with E-state index >= 15 is 0 Å². The van der Waals surface area contributed by atoms with Gasteiger partial charge in [-0.05, 0) is 70.2 Å². The summed E-state index contributed by atoms with van der Waals surface area (Å²) in [4.78, 5) is 30.4. The summed E-state index contributed by atoms with van der Waals surface area (Å²) >= 11 is 0. The minimum Gasteiger partial charge on any atom is -0.485 e. The summed E-state index contributed by atoms with van der Waals surface area (Å²) in [5, 5.41) is 3.01. The first kappa shape index (κ1) is 26.6. The highest BCUT2D eigenvalue weighted by Gasteiger charge is 2.38. The van der Waals surface area contributed by atoms with Gasteiger partial charge >= 0.3 is 5.97 Å². The van der Waals surface area contributed by atoms with Gasteiger partial charge in [-0.3, -0.25) is 14.0 Å².